The van der Waals surface area contributed by atoms with Crippen LogP contribution in [0.5, 0.6) is 11.5 Å². The number of hydrogen-bond acceptors (Lipinski definition) is 6. The topological polar surface area (TPSA) is 119 Å². The van der Waals surface area contributed by atoms with Crippen molar-refractivity contribution in [2.45, 2.75) is 13.1 Å². The fraction of sp³-hybridized carbons (Fsp3) is 0.0800. The van der Waals surface area contributed by atoms with Crippen LogP contribution >= 0.6 is 23.2 Å². The lowest BCUT2D eigenvalue weighted by molar-refractivity contribution is -0.385. The Kier molecular flexibility index (Phi) is 7.35. The molecule has 4 rings (SSSR count). The number of nitrogens with one attached hydrogen (secondary N) is 1. The quantitative estimate of drug-likeness (QED) is 0.156. The van der Waals surface area contributed by atoms with E-state index in [4.69, 9.17) is 27.9 Å². The largest absolute Gasteiger partial charge is 0.449 e. The van der Waals surface area contributed by atoms with E-state index in [1.807, 2.05) is 5.32 Å². The maximum atomic E-state index is 13.3. The average molecular weight is 580 g/mol. The molecule has 39 heavy (non-hydrogen) atoms. The number of barbiturate groups is 1. The fourth-order valence-electron chi connectivity index (χ4n) is 3.64. The van der Waals surface area contributed by atoms with Crippen molar-refractivity contribution >= 4 is 58.5 Å². The molecule has 0 bridgehead atoms. The molecule has 3 aromatic rings. The number of carbonyl (C=O) groups is 3. The van der Waals surface area contributed by atoms with Crippen LogP contribution in [0.15, 0.2) is 60.2 Å². The van der Waals surface area contributed by atoms with Crippen molar-refractivity contribution in [2.24, 2.45) is 0 Å². The van der Waals surface area contributed by atoms with E-state index >= 15 is 0 Å². The van der Waals surface area contributed by atoms with Crippen LogP contribution in [0.25, 0.3) is 6.08 Å². The van der Waals surface area contributed by atoms with E-state index in [1.165, 1.54) is 30.3 Å². The summed E-state index contributed by atoms with van der Waals surface area (Å²) in [5.74, 6) is -2.79. The van der Waals surface area contributed by atoms with Gasteiger partial charge in [-0.15, -0.1) is 0 Å². The summed E-state index contributed by atoms with van der Waals surface area (Å²) in [4.78, 5) is 49.6. The van der Waals surface area contributed by atoms with Gasteiger partial charge in [-0.3, -0.25) is 25.0 Å². The predicted octanol–water partition coefficient (Wildman–Crippen LogP) is 6.69. The molecule has 0 aromatic heterocycles. The van der Waals surface area contributed by atoms with E-state index in [2.05, 4.69) is 0 Å². The molecule has 1 heterocycles. The number of urea groups is 1. The second-order valence-corrected chi connectivity index (χ2v) is 8.91. The molecule has 1 saturated heterocycles. The van der Waals surface area contributed by atoms with Crippen LogP contribution in [0.3, 0.4) is 0 Å². The number of alkyl halides is 3. The van der Waals surface area contributed by atoms with E-state index in [9.17, 15) is 37.7 Å². The Labute approximate surface area is 227 Å². The van der Waals surface area contributed by atoms with Crippen molar-refractivity contribution < 1.29 is 37.2 Å². The van der Waals surface area contributed by atoms with Gasteiger partial charge in [0.05, 0.1) is 16.2 Å². The zero-order valence-electron chi connectivity index (χ0n) is 19.5. The van der Waals surface area contributed by atoms with Gasteiger partial charge >= 0.3 is 17.9 Å². The number of rotatable bonds is 5. The first-order chi connectivity index (χ1) is 18.3. The molecule has 14 heteroatoms. The molecule has 1 N–H and O–H groups in total. The molecule has 3 aromatic carbocycles. The number of nitro groups is 1. The first-order valence-corrected chi connectivity index (χ1v) is 11.5. The van der Waals surface area contributed by atoms with Gasteiger partial charge in [-0.05, 0) is 61.0 Å². The predicted molar refractivity (Wildman–Crippen MR) is 135 cm³/mol. The number of amides is 4. The molecular formula is C25H14Cl2F3N3O6. The van der Waals surface area contributed by atoms with E-state index in [1.54, 1.807) is 13.0 Å². The molecule has 0 saturated carbocycles. The monoisotopic (exact) mass is 579 g/mol. The van der Waals surface area contributed by atoms with Crippen molar-refractivity contribution in [1.82, 2.24) is 5.32 Å². The van der Waals surface area contributed by atoms with Crippen molar-refractivity contribution in [3.63, 3.8) is 0 Å². The molecule has 200 valence electrons. The highest BCUT2D eigenvalue weighted by Crippen LogP contribution is 2.39. The van der Waals surface area contributed by atoms with Crippen LogP contribution in [-0.4, -0.2) is 22.8 Å². The second-order valence-electron chi connectivity index (χ2n) is 8.06. The molecule has 1 aliphatic rings. The molecule has 0 radical (unpaired) electrons. The van der Waals surface area contributed by atoms with Crippen LogP contribution in [0, 0.1) is 17.0 Å². The fourth-order valence-corrected chi connectivity index (χ4v) is 3.99. The number of nitrogens with zero attached hydrogens (tertiary/aromatic N) is 2. The summed E-state index contributed by atoms with van der Waals surface area (Å²) in [6.07, 6.45) is -3.80. The lowest BCUT2D eigenvalue weighted by atomic mass is 10.0. The van der Waals surface area contributed by atoms with Crippen molar-refractivity contribution in [1.29, 1.82) is 0 Å². The highest BCUT2D eigenvalue weighted by molar-refractivity contribution is 6.40. The zero-order valence-corrected chi connectivity index (χ0v) is 21.0. The lowest BCUT2D eigenvalue weighted by Gasteiger charge is -2.27. The number of nitro benzene ring substituents is 1. The molecular weight excluding hydrogens is 566 g/mol. The van der Waals surface area contributed by atoms with Crippen LogP contribution in [0.4, 0.5) is 29.3 Å². The Morgan fingerprint density at radius 1 is 1.03 bits per heavy atom. The lowest BCUT2D eigenvalue weighted by Crippen LogP contribution is -2.54. The third-order valence-corrected chi connectivity index (χ3v) is 6.20. The van der Waals surface area contributed by atoms with Gasteiger partial charge in [-0.1, -0.05) is 29.3 Å². The summed E-state index contributed by atoms with van der Waals surface area (Å²) in [5.41, 5.74) is -2.29. The number of imide groups is 2. The van der Waals surface area contributed by atoms with Crippen molar-refractivity contribution in [2.75, 3.05) is 4.90 Å². The normalized spacial score (nSPS) is 15.0. The van der Waals surface area contributed by atoms with Gasteiger partial charge in [-0.2, -0.15) is 13.2 Å². The first kappa shape index (κ1) is 27.6. The Balaban J connectivity index is 1.78. The number of halogens is 5. The summed E-state index contributed by atoms with van der Waals surface area (Å²) in [6.45, 7) is 1.57. The standard InChI is InChI=1S/C25H14Cl2F3N3O6/c1-12-17(27)3-2-4-18(12)32-23(35)16(22(34)31-24(32)36)10-13-9-15(26)6-8-20(13)39-21-7-5-14(25(28,29)30)11-19(21)33(37)38/h2-11H,1H3,(H,31,34,36)/b16-10+. The molecule has 0 spiro atoms. The van der Waals surface area contributed by atoms with Crippen molar-refractivity contribution in [3.8, 4) is 11.5 Å². The van der Waals surface area contributed by atoms with Crippen LogP contribution in [0.1, 0.15) is 16.7 Å². The number of carbonyl (C=O) groups excluding carboxylic acids is 3. The average Bonchev–Trinajstić information content (AvgIpc) is 2.85. The van der Waals surface area contributed by atoms with Crippen molar-refractivity contribution in [3.05, 3.63) is 97.0 Å². The number of hydrogen-bond donors (Lipinski definition) is 1. The Hall–Kier alpha value is -4.42. The highest BCUT2D eigenvalue weighted by atomic mass is 35.5. The van der Waals surface area contributed by atoms with Crippen LogP contribution < -0.4 is 15.0 Å². The van der Waals surface area contributed by atoms with Gasteiger partial charge in [0.25, 0.3) is 11.8 Å². The summed E-state index contributed by atoms with van der Waals surface area (Å²) in [7, 11) is 0. The van der Waals surface area contributed by atoms with Crippen LogP contribution in [0.2, 0.25) is 10.0 Å². The summed E-state index contributed by atoms with van der Waals surface area (Å²) in [5, 5.41) is 13.9. The molecule has 0 unspecified atom stereocenters. The summed E-state index contributed by atoms with van der Waals surface area (Å²) < 4.78 is 44.8. The van der Waals surface area contributed by atoms with E-state index in [0.717, 1.165) is 12.1 Å². The van der Waals surface area contributed by atoms with Gasteiger partial charge in [0, 0.05) is 21.7 Å². The third kappa shape index (κ3) is 5.56. The molecule has 4 amide bonds. The second kappa shape index (κ2) is 10.4. The maximum Gasteiger partial charge on any atom is 0.416 e. The van der Waals surface area contributed by atoms with Gasteiger partial charge < -0.3 is 4.74 Å². The molecule has 0 atom stereocenters. The van der Waals surface area contributed by atoms with Gasteiger partial charge in [0.15, 0.2) is 0 Å². The molecule has 1 fully saturated rings. The molecule has 9 nitrogen and oxygen atoms in total. The SMILES string of the molecule is Cc1c(Cl)cccc1N1C(=O)NC(=O)/C(=C\c2cc(Cl)ccc2Oc2ccc(C(F)(F)F)cc2[N+](=O)[O-])C1=O. The first-order valence-electron chi connectivity index (χ1n) is 10.8. The van der Waals surface area contributed by atoms with E-state index in [0.29, 0.717) is 22.6 Å². The van der Waals surface area contributed by atoms with Crippen LogP contribution in [-0.2, 0) is 15.8 Å². The Morgan fingerprint density at radius 2 is 1.72 bits per heavy atom. The Morgan fingerprint density at radius 3 is 2.38 bits per heavy atom. The van der Waals surface area contributed by atoms with E-state index < -0.39 is 51.5 Å². The van der Waals surface area contributed by atoms with Gasteiger partial charge in [0.2, 0.25) is 5.75 Å². The number of anilines is 1. The Bertz CT molecular complexity index is 1590. The summed E-state index contributed by atoms with van der Waals surface area (Å²) in [6, 6.07) is 8.99. The van der Waals surface area contributed by atoms with Gasteiger partial charge in [-0.25, -0.2) is 9.69 Å². The van der Waals surface area contributed by atoms with E-state index in [-0.39, 0.29) is 27.0 Å². The summed E-state index contributed by atoms with van der Waals surface area (Å²) >= 11 is 12.2. The minimum atomic E-state index is -4.83. The number of ether oxygens (including phenoxy) is 1. The van der Waals surface area contributed by atoms with Gasteiger partial charge in [0.1, 0.15) is 11.3 Å². The third-order valence-electron chi connectivity index (χ3n) is 5.56. The minimum absolute atomic E-state index is 0.0349. The highest BCUT2D eigenvalue weighted by Gasteiger charge is 2.38. The smallest absolute Gasteiger partial charge is 0.416 e. The molecule has 0 aliphatic carbocycles. The minimum Gasteiger partial charge on any atom is -0.449 e. The maximum absolute atomic E-state index is 13.3. The number of benzene rings is 3. The molecule has 1 aliphatic heterocycles. The zero-order chi connectivity index (χ0) is 28.6.